The smallest absolute Gasteiger partial charge is 0.242 e. The fourth-order valence-electron chi connectivity index (χ4n) is 6.01. The van der Waals surface area contributed by atoms with Crippen molar-refractivity contribution in [2.45, 2.75) is 51.0 Å². The molecule has 2 aliphatic heterocycles. The van der Waals surface area contributed by atoms with Crippen molar-refractivity contribution in [1.29, 1.82) is 0 Å². The molecule has 2 heterocycles. The molecule has 2 amide bonds. The topological polar surface area (TPSA) is 61.8 Å². The minimum absolute atomic E-state index is 0.00103. The number of nitrogens with one attached hydrogen (secondary N) is 1. The maximum atomic E-state index is 13.8. The number of nitrogens with zero attached hydrogens (tertiary/aromatic N) is 2. The Kier molecular flexibility index (Phi) is 7.12. The van der Waals surface area contributed by atoms with Gasteiger partial charge in [-0.25, -0.2) is 0 Å². The highest BCUT2D eigenvalue weighted by Gasteiger charge is 2.39. The third kappa shape index (κ3) is 5.09. The first-order valence-electron chi connectivity index (χ1n) is 13.0. The Morgan fingerprint density at radius 3 is 2.40 bits per heavy atom. The molecule has 0 aromatic heterocycles. The predicted octanol–water partition coefficient (Wildman–Crippen LogP) is 4.74. The lowest BCUT2D eigenvalue weighted by Crippen LogP contribution is -2.49. The second-order valence-corrected chi connectivity index (χ2v) is 10.1. The first kappa shape index (κ1) is 23.5. The van der Waals surface area contributed by atoms with Gasteiger partial charge in [0.25, 0.3) is 0 Å². The SMILES string of the molecule is CC(C(=O)N1CCCC1C(=O)NCC1CCC2=NCC=C2C1)C(c1ccccc1)c1ccccc1. The number of fused-ring (bicyclic) bond motifs is 1. The third-order valence-corrected chi connectivity index (χ3v) is 7.90. The van der Waals surface area contributed by atoms with Crippen molar-refractivity contribution in [1.82, 2.24) is 10.2 Å². The predicted molar refractivity (Wildman–Crippen MR) is 139 cm³/mol. The number of hydrogen-bond acceptors (Lipinski definition) is 3. The summed E-state index contributed by atoms with van der Waals surface area (Å²) in [6.07, 6.45) is 6.90. The van der Waals surface area contributed by atoms with E-state index in [0.717, 1.165) is 49.8 Å². The highest BCUT2D eigenvalue weighted by Crippen LogP contribution is 2.35. The van der Waals surface area contributed by atoms with Crippen molar-refractivity contribution in [2.75, 3.05) is 19.6 Å². The molecule has 35 heavy (non-hydrogen) atoms. The molecule has 2 aromatic carbocycles. The molecule has 5 nitrogen and oxygen atoms in total. The van der Waals surface area contributed by atoms with E-state index in [1.807, 2.05) is 48.2 Å². The van der Waals surface area contributed by atoms with Crippen LogP contribution in [0, 0.1) is 11.8 Å². The number of aliphatic imine (C=N–C) groups is 1. The van der Waals surface area contributed by atoms with E-state index in [-0.39, 0.29) is 29.7 Å². The average Bonchev–Trinajstić information content (AvgIpc) is 3.58. The van der Waals surface area contributed by atoms with Gasteiger partial charge in [-0.3, -0.25) is 14.6 Å². The molecule has 5 heteroatoms. The van der Waals surface area contributed by atoms with Crippen molar-refractivity contribution in [2.24, 2.45) is 16.8 Å². The first-order chi connectivity index (χ1) is 17.1. The van der Waals surface area contributed by atoms with Gasteiger partial charge in [-0.1, -0.05) is 73.7 Å². The number of hydrogen-bond donors (Lipinski definition) is 1. The van der Waals surface area contributed by atoms with Crippen LogP contribution in [0.15, 0.2) is 77.3 Å². The molecule has 1 N–H and O–H groups in total. The highest BCUT2D eigenvalue weighted by atomic mass is 16.2. The number of carbonyl (C=O) groups excluding carboxylic acids is 2. The fraction of sp³-hybridized carbons (Fsp3) is 0.433. The molecule has 1 saturated heterocycles. The summed E-state index contributed by atoms with van der Waals surface area (Å²) in [4.78, 5) is 33.4. The van der Waals surface area contributed by atoms with Crippen LogP contribution in [0.1, 0.15) is 56.1 Å². The molecule has 0 bridgehead atoms. The molecule has 0 spiro atoms. The molecule has 1 aliphatic carbocycles. The summed E-state index contributed by atoms with van der Waals surface area (Å²) < 4.78 is 0. The molecular weight excluding hydrogens is 434 g/mol. The van der Waals surface area contributed by atoms with Crippen LogP contribution in [0.5, 0.6) is 0 Å². The maximum absolute atomic E-state index is 13.8. The van der Waals surface area contributed by atoms with Gasteiger partial charge in [0.2, 0.25) is 11.8 Å². The quantitative estimate of drug-likeness (QED) is 0.637. The molecule has 3 unspecified atom stereocenters. The van der Waals surface area contributed by atoms with E-state index in [1.165, 1.54) is 11.3 Å². The fourth-order valence-corrected chi connectivity index (χ4v) is 6.01. The van der Waals surface area contributed by atoms with Gasteiger partial charge >= 0.3 is 0 Å². The van der Waals surface area contributed by atoms with Crippen molar-refractivity contribution >= 4 is 17.5 Å². The first-order valence-corrected chi connectivity index (χ1v) is 13.0. The van der Waals surface area contributed by atoms with Crippen LogP contribution < -0.4 is 5.32 Å². The van der Waals surface area contributed by atoms with Gasteiger partial charge in [0, 0.05) is 30.6 Å². The van der Waals surface area contributed by atoms with E-state index < -0.39 is 0 Å². The molecule has 2 aromatic rings. The van der Waals surface area contributed by atoms with Gasteiger partial charge in [-0.05, 0) is 54.7 Å². The lowest BCUT2D eigenvalue weighted by atomic mass is 9.81. The van der Waals surface area contributed by atoms with Crippen molar-refractivity contribution in [3.05, 3.63) is 83.4 Å². The van der Waals surface area contributed by atoms with E-state index >= 15 is 0 Å². The number of carbonyl (C=O) groups is 2. The normalized spacial score (nSPS) is 22.4. The molecule has 182 valence electrons. The Morgan fingerprint density at radius 1 is 1.03 bits per heavy atom. The third-order valence-electron chi connectivity index (χ3n) is 7.90. The van der Waals surface area contributed by atoms with Crippen molar-refractivity contribution in [3.8, 4) is 0 Å². The Balaban J connectivity index is 1.26. The molecule has 3 aliphatic rings. The summed E-state index contributed by atoms with van der Waals surface area (Å²) in [6.45, 7) is 4.15. The summed E-state index contributed by atoms with van der Waals surface area (Å²) in [5.74, 6) is 0.201. The largest absolute Gasteiger partial charge is 0.354 e. The number of allylic oxidation sites excluding steroid dienone is 1. The van der Waals surface area contributed by atoms with E-state index in [9.17, 15) is 9.59 Å². The number of likely N-dealkylation sites (tertiary alicyclic amines) is 1. The standard InChI is InChI=1S/C30H35N3O2/c1-21(28(23-9-4-2-5-10-23)24-11-6-3-7-12-24)30(35)33-18-8-13-27(33)29(34)32-20-22-14-15-26-25(19-22)16-17-31-26/h2-7,9-12,16,21-22,27-28H,8,13-15,17-20H2,1H3,(H,32,34). The van der Waals surface area contributed by atoms with Crippen LogP contribution in [0.3, 0.4) is 0 Å². The zero-order chi connectivity index (χ0) is 24.2. The molecule has 5 rings (SSSR count). The van der Waals surface area contributed by atoms with Crippen LogP contribution in [0.25, 0.3) is 0 Å². The number of benzene rings is 2. The second kappa shape index (κ2) is 10.6. The van der Waals surface area contributed by atoms with E-state index in [0.29, 0.717) is 19.0 Å². The van der Waals surface area contributed by atoms with Crippen molar-refractivity contribution in [3.63, 3.8) is 0 Å². The van der Waals surface area contributed by atoms with Gasteiger partial charge in [0.1, 0.15) is 6.04 Å². The van der Waals surface area contributed by atoms with Crippen LogP contribution in [-0.4, -0.2) is 48.1 Å². The maximum Gasteiger partial charge on any atom is 0.242 e. The Morgan fingerprint density at radius 2 is 1.71 bits per heavy atom. The minimum Gasteiger partial charge on any atom is -0.354 e. The van der Waals surface area contributed by atoms with E-state index in [2.05, 4.69) is 40.7 Å². The lowest BCUT2D eigenvalue weighted by molar-refractivity contribution is -0.141. The van der Waals surface area contributed by atoms with Crippen LogP contribution in [-0.2, 0) is 9.59 Å². The summed E-state index contributed by atoms with van der Waals surface area (Å²) in [7, 11) is 0. The van der Waals surface area contributed by atoms with Gasteiger partial charge in [0.15, 0.2) is 0 Å². The highest BCUT2D eigenvalue weighted by molar-refractivity contribution is 6.02. The molecule has 0 radical (unpaired) electrons. The summed E-state index contributed by atoms with van der Waals surface area (Å²) in [6, 6.07) is 20.1. The summed E-state index contributed by atoms with van der Waals surface area (Å²) in [5.41, 5.74) is 4.89. The van der Waals surface area contributed by atoms with Gasteiger partial charge in [-0.2, -0.15) is 0 Å². The summed E-state index contributed by atoms with van der Waals surface area (Å²) >= 11 is 0. The number of amides is 2. The molecule has 3 atom stereocenters. The zero-order valence-electron chi connectivity index (χ0n) is 20.5. The van der Waals surface area contributed by atoms with Gasteiger partial charge in [0.05, 0.1) is 6.54 Å². The Labute approximate surface area is 208 Å². The average molecular weight is 470 g/mol. The minimum atomic E-state index is -0.372. The van der Waals surface area contributed by atoms with E-state index in [1.54, 1.807) is 0 Å². The van der Waals surface area contributed by atoms with E-state index in [4.69, 9.17) is 0 Å². The van der Waals surface area contributed by atoms with Crippen LogP contribution in [0.2, 0.25) is 0 Å². The van der Waals surface area contributed by atoms with Gasteiger partial charge in [-0.15, -0.1) is 0 Å². The van der Waals surface area contributed by atoms with Crippen LogP contribution in [0.4, 0.5) is 0 Å². The van der Waals surface area contributed by atoms with Gasteiger partial charge < -0.3 is 10.2 Å². The molecular formula is C30H35N3O2. The Bertz CT molecular complexity index is 1070. The second-order valence-electron chi connectivity index (χ2n) is 10.1. The lowest BCUT2D eigenvalue weighted by Gasteiger charge is -2.32. The zero-order valence-corrected chi connectivity index (χ0v) is 20.5. The summed E-state index contributed by atoms with van der Waals surface area (Å²) in [5, 5.41) is 3.19. The van der Waals surface area contributed by atoms with Crippen LogP contribution >= 0.6 is 0 Å². The molecule has 1 saturated carbocycles. The Hall–Kier alpha value is -3.21. The van der Waals surface area contributed by atoms with Crippen molar-refractivity contribution < 1.29 is 9.59 Å². The number of rotatable bonds is 7. The molecule has 2 fully saturated rings. The monoisotopic (exact) mass is 469 g/mol.